The maximum absolute atomic E-state index is 11.2. The fourth-order valence-electron chi connectivity index (χ4n) is 2.12. The average molecular weight is 306 g/mol. The van der Waals surface area contributed by atoms with Crippen LogP contribution in [0.5, 0.6) is 5.75 Å². The molecule has 0 aliphatic heterocycles. The van der Waals surface area contributed by atoms with E-state index in [-0.39, 0.29) is 12.3 Å². The lowest BCUT2D eigenvalue weighted by Crippen LogP contribution is -2.21. The van der Waals surface area contributed by atoms with Crippen LogP contribution >= 0.6 is 0 Å². The van der Waals surface area contributed by atoms with Crippen LogP contribution < -0.4 is 4.74 Å². The van der Waals surface area contributed by atoms with Crippen LogP contribution in [0, 0.1) is 10.1 Å². The van der Waals surface area contributed by atoms with E-state index < -0.39 is 4.92 Å². The second-order valence-electron chi connectivity index (χ2n) is 4.87. The fourth-order valence-corrected chi connectivity index (χ4v) is 2.12. The van der Waals surface area contributed by atoms with Crippen molar-refractivity contribution in [2.75, 3.05) is 27.3 Å². The van der Waals surface area contributed by atoms with Gasteiger partial charge in [0.2, 0.25) is 0 Å². The number of nitrogens with zero attached hydrogens (tertiary/aromatic N) is 2. The molecule has 0 aliphatic carbocycles. The van der Waals surface area contributed by atoms with Gasteiger partial charge in [-0.15, -0.1) is 0 Å². The van der Waals surface area contributed by atoms with Gasteiger partial charge in [0.1, 0.15) is 17.3 Å². The van der Waals surface area contributed by atoms with Gasteiger partial charge in [-0.05, 0) is 31.3 Å². The number of nitro groups is 1. The smallest absolute Gasteiger partial charge is 0.284 e. The molecule has 0 atom stereocenters. The number of aliphatic hydroxyl groups excluding tert-OH is 1. The highest BCUT2D eigenvalue weighted by Gasteiger charge is 2.19. The van der Waals surface area contributed by atoms with Crippen molar-refractivity contribution in [3.63, 3.8) is 0 Å². The quantitative estimate of drug-likeness (QED) is 0.623. The molecule has 0 unspecified atom stereocenters. The predicted octanol–water partition coefficient (Wildman–Crippen LogP) is 2.29. The summed E-state index contributed by atoms with van der Waals surface area (Å²) in [5.74, 6) is 1.53. The van der Waals surface area contributed by atoms with Crippen molar-refractivity contribution in [1.82, 2.24) is 4.90 Å². The van der Waals surface area contributed by atoms with Gasteiger partial charge in [-0.2, -0.15) is 0 Å². The summed E-state index contributed by atoms with van der Waals surface area (Å²) in [4.78, 5) is 12.6. The van der Waals surface area contributed by atoms with Crippen molar-refractivity contribution in [1.29, 1.82) is 0 Å². The molecule has 0 saturated heterocycles. The normalized spacial score (nSPS) is 10.9. The maximum atomic E-state index is 11.2. The first-order valence-electron chi connectivity index (χ1n) is 6.76. The molecule has 0 radical (unpaired) electrons. The van der Waals surface area contributed by atoms with Gasteiger partial charge in [0.25, 0.3) is 5.69 Å². The highest BCUT2D eigenvalue weighted by molar-refractivity contribution is 5.71. The van der Waals surface area contributed by atoms with E-state index in [0.29, 0.717) is 35.9 Å². The molecule has 1 heterocycles. The molecule has 22 heavy (non-hydrogen) atoms. The van der Waals surface area contributed by atoms with E-state index in [4.69, 9.17) is 14.3 Å². The van der Waals surface area contributed by atoms with Crippen LogP contribution in [0.3, 0.4) is 0 Å². The molecule has 0 fully saturated rings. The molecule has 7 heteroatoms. The maximum Gasteiger partial charge on any atom is 0.284 e. The van der Waals surface area contributed by atoms with E-state index in [1.807, 2.05) is 11.9 Å². The molecular formula is C15H18N2O5. The third-order valence-electron chi connectivity index (χ3n) is 3.24. The van der Waals surface area contributed by atoms with Gasteiger partial charge in [0.15, 0.2) is 0 Å². The Hall–Kier alpha value is -2.38. The van der Waals surface area contributed by atoms with E-state index >= 15 is 0 Å². The monoisotopic (exact) mass is 306 g/mol. The fraction of sp³-hybridized carbons (Fsp3) is 0.333. The van der Waals surface area contributed by atoms with Crippen LogP contribution in [-0.4, -0.2) is 42.2 Å². The molecule has 1 aromatic carbocycles. The van der Waals surface area contributed by atoms with Gasteiger partial charge >= 0.3 is 0 Å². The number of hydrogen-bond donors (Lipinski definition) is 1. The lowest BCUT2D eigenvalue weighted by molar-refractivity contribution is -0.384. The zero-order valence-electron chi connectivity index (χ0n) is 12.5. The van der Waals surface area contributed by atoms with E-state index in [1.165, 1.54) is 13.2 Å². The number of furan rings is 1. The molecule has 0 saturated carbocycles. The second-order valence-corrected chi connectivity index (χ2v) is 4.87. The number of ether oxygens (including phenoxy) is 1. The van der Waals surface area contributed by atoms with Crippen LogP contribution in [0.15, 0.2) is 34.7 Å². The summed E-state index contributed by atoms with van der Waals surface area (Å²) in [5.41, 5.74) is 0.339. The molecule has 2 aromatic rings. The van der Waals surface area contributed by atoms with Crippen molar-refractivity contribution in [3.8, 4) is 17.1 Å². The van der Waals surface area contributed by atoms with Gasteiger partial charge in [-0.1, -0.05) is 0 Å². The first kappa shape index (κ1) is 16.0. The molecule has 2 rings (SSSR count). The van der Waals surface area contributed by atoms with E-state index in [1.54, 1.807) is 24.3 Å². The molecule has 118 valence electrons. The largest absolute Gasteiger partial charge is 0.497 e. The third-order valence-corrected chi connectivity index (χ3v) is 3.24. The average Bonchev–Trinajstić information content (AvgIpc) is 2.95. The van der Waals surface area contributed by atoms with Gasteiger partial charge in [0.05, 0.1) is 36.8 Å². The van der Waals surface area contributed by atoms with E-state index in [0.717, 1.165) is 0 Å². The molecule has 0 amide bonds. The Morgan fingerprint density at radius 1 is 1.36 bits per heavy atom. The summed E-state index contributed by atoms with van der Waals surface area (Å²) in [5, 5.41) is 20.1. The number of methoxy groups -OCH3 is 1. The van der Waals surface area contributed by atoms with Crippen molar-refractivity contribution < 1.29 is 19.2 Å². The summed E-state index contributed by atoms with van der Waals surface area (Å²) in [6.07, 6.45) is 0. The first-order valence-corrected chi connectivity index (χ1v) is 6.76. The summed E-state index contributed by atoms with van der Waals surface area (Å²) >= 11 is 0. The van der Waals surface area contributed by atoms with Crippen molar-refractivity contribution >= 4 is 5.69 Å². The van der Waals surface area contributed by atoms with Crippen LogP contribution in [0.1, 0.15) is 5.76 Å². The molecule has 0 aliphatic rings. The summed E-state index contributed by atoms with van der Waals surface area (Å²) in [6, 6.07) is 8.11. The van der Waals surface area contributed by atoms with Crippen LogP contribution in [0.25, 0.3) is 11.3 Å². The minimum Gasteiger partial charge on any atom is -0.497 e. The Morgan fingerprint density at radius 3 is 2.77 bits per heavy atom. The molecular weight excluding hydrogens is 288 g/mol. The standard InChI is InChI=1S/C15H18N2O5/c1-16(7-8-18)10-12-4-6-15(22-12)13-5-3-11(21-2)9-14(13)17(19)20/h3-6,9,18H,7-8,10H2,1-2H3. The van der Waals surface area contributed by atoms with Gasteiger partial charge < -0.3 is 14.3 Å². The topological polar surface area (TPSA) is 89.0 Å². The van der Waals surface area contributed by atoms with Crippen LogP contribution in [0.2, 0.25) is 0 Å². The van der Waals surface area contributed by atoms with Gasteiger partial charge in [0, 0.05) is 6.54 Å². The zero-order chi connectivity index (χ0) is 16.1. The second kappa shape index (κ2) is 7.06. The predicted molar refractivity (Wildman–Crippen MR) is 80.8 cm³/mol. The van der Waals surface area contributed by atoms with Crippen molar-refractivity contribution in [3.05, 3.63) is 46.2 Å². The number of likely N-dealkylation sites (N-methyl/N-ethyl adjacent to an activating group) is 1. The molecule has 1 aromatic heterocycles. The van der Waals surface area contributed by atoms with Gasteiger partial charge in [-0.25, -0.2) is 0 Å². The lowest BCUT2D eigenvalue weighted by atomic mass is 10.1. The van der Waals surface area contributed by atoms with E-state index in [2.05, 4.69) is 0 Å². The van der Waals surface area contributed by atoms with Crippen molar-refractivity contribution in [2.24, 2.45) is 0 Å². The first-order chi connectivity index (χ1) is 10.5. The highest BCUT2D eigenvalue weighted by atomic mass is 16.6. The molecule has 0 bridgehead atoms. The molecule has 1 N–H and O–H groups in total. The highest BCUT2D eigenvalue weighted by Crippen LogP contribution is 2.34. The van der Waals surface area contributed by atoms with Crippen molar-refractivity contribution in [2.45, 2.75) is 6.54 Å². The number of hydrogen-bond acceptors (Lipinski definition) is 6. The Balaban J connectivity index is 2.29. The van der Waals surface area contributed by atoms with Crippen LogP contribution in [0.4, 0.5) is 5.69 Å². The number of rotatable bonds is 7. The minimum absolute atomic E-state index is 0.0635. The Kier molecular flexibility index (Phi) is 5.13. The third kappa shape index (κ3) is 3.63. The Bertz CT molecular complexity index is 653. The number of nitro benzene ring substituents is 1. The summed E-state index contributed by atoms with van der Waals surface area (Å²) in [7, 11) is 3.31. The minimum atomic E-state index is -0.460. The summed E-state index contributed by atoms with van der Waals surface area (Å²) in [6.45, 7) is 1.11. The molecule has 0 spiro atoms. The lowest BCUT2D eigenvalue weighted by Gasteiger charge is -2.12. The zero-order valence-corrected chi connectivity index (χ0v) is 12.5. The molecule has 7 nitrogen and oxygen atoms in total. The Morgan fingerprint density at radius 2 is 2.14 bits per heavy atom. The van der Waals surface area contributed by atoms with Gasteiger partial charge in [-0.3, -0.25) is 15.0 Å². The number of benzene rings is 1. The number of aliphatic hydroxyl groups is 1. The SMILES string of the molecule is COc1ccc(-c2ccc(CN(C)CCO)o2)c([N+](=O)[O-])c1. The summed E-state index contributed by atoms with van der Waals surface area (Å²) < 4.78 is 10.7. The Labute approximate surface area is 127 Å². The van der Waals surface area contributed by atoms with E-state index in [9.17, 15) is 10.1 Å². The van der Waals surface area contributed by atoms with Crippen LogP contribution in [-0.2, 0) is 6.54 Å².